The van der Waals surface area contributed by atoms with Crippen LogP contribution in [0.15, 0.2) is 60.8 Å². The lowest BCUT2D eigenvalue weighted by Gasteiger charge is -2.28. The predicted octanol–water partition coefficient (Wildman–Crippen LogP) is 10.0. The van der Waals surface area contributed by atoms with E-state index in [0.29, 0.717) is 30.3 Å². The van der Waals surface area contributed by atoms with Crippen LogP contribution in [0.3, 0.4) is 0 Å². The molecule has 0 rings (SSSR count). The highest BCUT2D eigenvalue weighted by atomic mass is 31.2. The molecule has 0 saturated heterocycles. The molecule has 0 bridgehead atoms. The first-order valence-electron chi connectivity index (χ1n) is 21.1. The number of allylic oxidation sites excluding steroid dienone is 9. The molecule has 0 aromatic heterocycles. The Kier molecular flexibility index (Phi) is 34.5. The topological polar surface area (TPSA) is 131 Å². The predicted molar refractivity (Wildman–Crippen MR) is 223 cm³/mol. The van der Waals surface area contributed by atoms with Gasteiger partial charge in [0.05, 0.1) is 33.9 Å². The van der Waals surface area contributed by atoms with Crippen LogP contribution in [0.1, 0.15) is 149 Å². The van der Waals surface area contributed by atoms with Crippen molar-refractivity contribution in [2.45, 2.75) is 161 Å². The van der Waals surface area contributed by atoms with Gasteiger partial charge in [-0.3, -0.25) is 14.2 Å². The van der Waals surface area contributed by atoms with Crippen LogP contribution in [-0.4, -0.2) is 81.2 Å². The summed E-state index contributed by atoms with van der Waals surface area (Å²) in [6.07, 6.45) is 38.6. The highest BCUT2D eigenvalue weighted by molar-refractivity contribution is 7.45. The van der Waals surface area contributed by atoms with Crippen LogP contribution in [0.2, 0.25) is 0 Å². The third kappa shape index (κ3) is 39.7. The zero-order chi connectivity index (χ0) is 40.9. The Morgan fingerprint density at radius 3 is 1.93 bits per heavy atom. The molecule has 1 N–H and O–H groups in total. The van der Waals surface area contributed by atoms with E-state index in [0.717, 1.165) is 77.0 Å². The minimum atomic E-state index is -4.65. The van der Waals surface area contributed by atoms with Gasteiger partial charge >= 0.3 is 11.9 Å². The molecule has 0 saturated carbocycles. The molecular formula is C44H78NO9P. The van der Waals surface area contributed by atoms with Crippen LogP contribution in [0.5, 0.6) is 0 Å². The molecule has 0 amide bonds. The Balaban J connectivity index is 4.54. The third-order valence-electron chi connectivity index (χ3n) is 8.61. The maximum atomic E-state index is 12.6. The van der Waals surface area contributed by atoms with E-state index in [9.17, 15) is 24.2 Å². The van der Waals surface area contributed by atoms with Crippen LogP contribution in [0.25, 0.3) is 0 Å². The number of hydrogen-bond donors (Lipinski definition) is 1. The van der Waals surface area contributed by atoms with Crippen LogP contribution in [-0.2, 0) is 32.7 Å². The molecule has 1 unspecified atom stereocenters. The largest absolute Gasteiger partial charge is 0.756 e. The number of phosphoric ester groups is 1. The van der Waals surface area contributed by atoms with Gasteiger partial charge < -0.3 is 33.0 Å². The van der Waals surface area contributed by atoms with Crippen molar-refractivity contribution in [3.8, 4) is 0 Å². The molecule has 10 nitrogen and oxygen atoms in total. The Labute approximate surface area is 335 Å². The van der Waals surface area contributed by atoms with Gasteiger partial charge in [0.15, 0.2) is 6.10 Å². The number of unbranched alkanes of at least 4 members (excludes halogenated alkanes) is 12. The number of ether oxygens (including phenoxy) is 2. The highest BCUT2D eigenvalue weighted by Crippen LogP contribution is 2.38. The molecule has 0 fully saturated rings. The van der Waals surface area contributed by atoms with E-state index in [-0.39, 0.29) is 32.2 Å². The van der Waals surface area contributed by atoms with Crippen LogP contribution in [0, 0.1) is 0 Å². The summed E-state index contributed by atoms with van der Waals surface area (Å²) in [7, 11) is 1.09. The average molecular weight is 796 g/mol. The highest BCUT2D eigenvalue weighted by Gasteiger charge is 2.21. The SMILES string of the molecule is CCCCCC/C=C\CCCCCCCC(=O)O[C@H](COC(=O)CCC/C=C\C/C=C\C/C=C\C=C\[C@H](O)CCCCC)COP(=O)([O-])OCC[N+](C)(C)C. The second-order valence-corrected chi connectivity index (χ2v) is 16.6. The molecule has 3 atom stereocenters. The number of phosphoric acid groups is 1. The van der Waals surface area contributed by atoms with Gasteiger partial charge in [-0.15, -0.1) is 0 Å². The number of esters is 2. The van der Waals surface area contributed by atoms with Crippen molar-refractivity contribution in [1.82, 2.24) is 0 Å². The van der Waals surface area contributed by atoms with E-state index in [1.165, 1.54) is 25.7 Å². The second kappa shape index (κ2) is 36.0. The number of rotatable bonds is 37. The molecule has 318 valence electrons. The minimum Gasteiger partial charge on any atom is -0.756 e. The van der Waals surface area contributed by atoms with Gasteiger partial charge in [-0.1, -0.05) is 132 Å². The lowest BCUT2D eigenvalue weighted by molar-refractivity contribution is -0.870. The summed E-state index contributed by atoms with van der Waals surface area (Å²) < 4.78 is 33.7. The molecule has 0 aromatic carbocycles. The Morgan fingerprint density at radius 2 is 1.24 bits per heavy atom. The number of nitrogens with zero attached hydrogens (tertiary/aromatic N) is 1. The summed E-state index contributed by atoms with van der Waals surface area (Å²) in [4.78, 5) is 37.4. The van der Waals surface area contributed by atoms with E-state index in [4.69, 9.17) is 18.5 Å². The van der Waals surface area contributed by atoms with Crippen LogP contribution < -0.4 is 4.89 Å². The molecule has 0 aliphatic rings. The summed E-state index contributed by atoms with van der Waals surface area (Å²) in [6.45, 7) is 3.97. The van der Waals surface area contributed by atoms with Gasteiger partial charge in [0, 0.05) is 12.8 Å². The lowest BCUT2D eigenvalue weighted by Crippen LogP contribution is -2.37. The van der Waals surface area contributed by atoms with E-state index in [1.54, 1.807) is 0 Å². The van der Waals surface area contributed by atoms with Gasteiger partial charge in [0.2, 0.25) is 0 Å². The Hall–Kier alpha value is -2.33. The number of aliphatic hydroxyl groups excluding tert-OH is 1. The first-order chi connectivity index (χ1) is 26.4. The smallest absolute Gasteiger partial charge is 0.306 e. The standard InChI is InChI=1S/C44H78NO9P/c1-6-8-10-11-12-13-14-15-18-22-25-28-32-36-44(48)54-42(40-53-55(49,50)52-38-37-45(3,4)5)39-51-43(47)35-31-27-24-21-19-16-17-20-23-26-30-34-41(46)33-29-9-7-2/h13-14,16-17,21,23-24,26,30,34,41-42,46H,6-12,15,18-20,22,25,27-29,31-33,35-40H2,1-5H3/b14-13-,17-16-,24-21-,26-23-,34-30+/t41-,42-/m1/s1. The Morgan fingerprint density at radius 1 is 0.673 bits per heavy atom. The number of carbonyl (C=O) groups is 2. The molecule has 11 heteroatoms. The normalized spacial score (nSPS) is 14.8. The number of quaternary nitrogens is 1. The van der Waals surface area contributed by atoms with E-state index >= 15 is 0 Å². The molecule has 0 aliphatic heterocycles. The fraction of sp³-hybridized carbons (Fsp3) is 0.727. The van der Waals surface area contributed by atoms with Crippen molar-refractivity contribution >= 4 is 19.8 Å². The summed E-state index contributed by atoms with van der Waals surface area (Å²) in [5.41, 5.74) is 0. The molecule has 0 radical (unpaired) electrons. The van der Waals surface area contributed by atoms with E-state index in [1.807, 2.05) is 57.6 Å². The monoisotopic (exact) mass is 796 g/mol. The first-order valence-corrected chi connectivity index (χ1v) is 22.6. The number of carbonyl (C=O) groups excluding carboxylic acids is 2. The fourth-order valence-electron chi connectivity index (χ4n) is 5.22. The lowest BCUT2D eigenvalue weighted by atomic mass is 10.1. The van der Waals surface area contributed by atoms with Crippen LogP contribution >= 0.6 is 7.82 Å². The molecule has 0 heterocycles. The van der Waals surface area contributed by atoms with Gasteiger partial charge in [-0.25, -0.2) is 0 Å². The maximum Gasteiger partial charge on any atom is 0.306 e. The fourth-order valence-corrected chi connectivity index (χ4v) is 5.95. The van der Waals surface area contributed by atoms with E-state index < -0.39 is 32.5 Å². The zero-order valence-corrected chi connectivity index (χ0v) is 36.1. The van der Waals surface area contributed by atoms with Crippen molar-refractivity contribution in [2.75, 3.05) is 47.5 Å². The van der Waals surface area contributed by atoms with Gasteiger partial charge in [-0.05, 0) is 64.2 Å². The molecule has 55 heavy (non-hydrogen) atoms. The summed E-state index contributed by atoms with van der Waals surface area (Å²) >= 11 is 0. The third-order valence-corrected chi connectivity index (χ3v) is 9.58. The van der Waals surface area contributed by atoms with Gasteiger partial charge in [0.25, 0.3) is 7.82 Å². The summed E-state index contributed by atoms with van der Waals surface area (Å²) in [6, 6.07) is 0. The van der Waals surface area contributed by atoms with Crippen molar-refractivity contribution in [1.29, 1.82) is 0 Å². The van der Waals surface area contributed by atoms with Gasteiger partial charge in [-0.2, -0.15) is 0 Å². The zero-order valence-electron chi connectivity index (χ0n) is 35.2. The Bertz CT molecular complexity index is 1140. The number of likely N-dealkylation sites (N-methyl/N-ethyl adjacent to an activating group) is 1. The number of hydrogen-bond acceptors (Lipinski definition) is 9. The minimum absolute atomic E-state index is 0.0508. The molecule has 0 aliphatic carbocycles. The molecule has 0 spiro atoms. The van der Waals surface area contributed by atoms with Crippen molar-refractivity contribution in [3.63, 3.8) is 0 Å². The van der Waals surface area contributed by atoms with Crippen molar-refractivity contribution in [2.24, 2.45) is 0 Å². The summed E-state index contributed by atoms with van der Waals surface area (Å²) in [5.74, 6) is -0.943. The maximum absolute atomic E-state index is 12.6. The first kappa shape index (κ1) is 52.7. The van der Waals surface area contributed by atoms with Crippen LogP contribution in [0.4, 0.5) is 0 Å². The molecule has 0 aromatic rings. The quantitative estimate of drug-likeness (QED) is 0.0163. The van der Waals surface area contributed by atoms with Crippen molar-refractivity contribution in [3.05, 3.63) is 60.8 Å². The second-order valence-electron chi connectivity index (χ2n) is 15.2. The van der Waals surface area contributed by atoms with Gasteiger partial charge in [0.1, 0.15) is 19.8 Å². The van der Waals surface area contributed by atoms with E-state index in [2.05, 4.69) is 38.2 Å². The number of aliphatic hydroxyl groups is 1. The average Bonchev–Trinajstić information content (AvgIpc) is 3.12. The van der Waals surface area contributed by atoms with Crippen molar-refractivity contribution < 1.29 is 47.2 Å². The summed E-state index contributed by atoms with van der Waals surface area (Å²) in [5, 5.41) is 9.89. The molecular weight excluding hydrogens is 717 g/mol.